The molecular weight excluding hydrogens is 250 g/mol. The predicted molar refractivity (Wildman–Crippen MR) is 70.2 cm³/mol. The van der Waals surface area contributed by atoms with Gasteiger partial charge in [0.1, 0.15) is 6.10 Å². The molecule has 2 N–H and O–H groups in total. The van der Waals surface area contributed by atoms with Crippen molar-refractivity contribution in [2.45, 2.75) is 26.0 Å². The number of fused-ring (bicyclic) bond motifs is 1. The lowest BCUT2D eigenvalue weighted by Crippen LogP contribution is -2.31. The van der Waals surface area contributed by atoms with Gasteiger partial charge in [-0.25, -0.2) is 8.78 Å². The Kier molecular flexibility index (Phi) is 4.39. The summed E-state index contributed by atoms with van der Waals surface area (Å²) in [5, 5.41) is 12.8. The monoisotopic (exact) mass is 266 g/mol. The number of aliphatic hydroxyl groups excluding tert-OH is 1. The highest BCUT2D eigenvalue weighted by Crippen LogP contribution is 2.14. The molecule has 0 aliphatic carbocycles. The first kappa shape index (κ1) is 13.8. The summed E-state index contributed by atoms with van der Waals surface area (Å²) in [6.07, 6.45) is -4.33. The first-order valence-electron chi connectivity index (χ1n) is 6.09. The van der Waals surface area contributed by atoms with Gasteiger partial charge in [0.2, 0.25) is 0 Å². The summed E-state index contributed by atoms with van der Waals surface area (Å²) in [4.78, 5) is 4.39. The standard InChI is InChI=1S/C14H16F2N2O/c1-9-2-4-11-6-10(3-5-12(11)18-9)7-17-8-13(19)14(15)16/h2-6,13-14,17,19H,7-8H2,1H3. The number of nitrogens with zero attached hydrogens (tertiary/aromatic N) is 1. The molecule has 0 aliphatic rings. The van der Waals surface area contributed by atoms with E-state index in [9.17, 15) is 8.78 Å². The molecule has 5 heteroatoms. The lowest BCUT2D eigenvalue weighted by molar-refractivity contribution is -0.00340. The van der Waals surface area contributed by atoms with Crippen LogP contribution in [0.3, 0.4) is 0 Å². The van der Waals surface area contributed by atoms with Gasteiger partial charge in [0.25, 0.3) is 6.43 Å². The fourth-order valence-corrected chi connectivity index (χ4v) is 1.84. The highest BCUT2D eigenvalue weighted by Gasteiger charge is 2.15. The smallest absolute Gasteiger partial charge is 0.265 e. The Morgan fingerprint density at radius 3 is 2.79 bits per heavy atom. The number of halogens is 2. The van der Waals surface area contributed by atoms with Crippen molar-refractivity contribution < 1.29 is 13.9 Å². The zero-order valence-electron chi connectivity index (χ0n) is 10.6. The van der Waals surface area contributed by atoms with Crippen molar-refractivity contribution in [2.75, 3.05) is 6.54 Å². The number of hydrogen-bond acceptors (Lipinski definition) is 3. The first-order chi connectivity index (χ1) is 9.06. The molecular formula is C14H16F2N2O. The van der Waals surface area contributed by atoms with E-state index in [0.717, 1.165) is 22.2 Å². The average molecular weight is 266 g/mol. The first-order valence-corrected chi connectivity index (χ1v) is 6.09. The average Bonchev–Trinajstić information content (AvgIpc) is 2.38. The van der Waals surface area contributed by atoms with Crippen molar-refractivity contribution in [1.29, 1.82) is 0 Å². The number of nitrogens with one attached hydrogen (secondary N) is 1. The van der Waals surface area contributed by atoms with Gasteiger partial charge in [0.05, 0.1) is 5.52 Å². The predicted octanol–water partition coefficient (Wildman–Crippen LogP) is 2.26. The third-order valence-electron chi connectivity index (χ3n) is 2.87. The molecule has 0 saturated heterocycles. The molecule has 1 unspecified atom stereocenters. The zero-order valence-corrected chi connectivity index (χ0v) is 10.6. The minimum atomic E-state index is -2.71. The molecule has 1 aromatic carbocycles. The molecule has 1 heterocycles. The Balaban J connectivity index is 2.00. The van der Waals surface area contributed by atoms with Crippen LogP contribution in [0.5, 0.6) is 0 Å². The van der Waals surface area contributed by atoms with Gasteiger partial charge < -0.3 is 10.4 Å². The molecule has 3 nitrogen and oxygen atoms in total. The second kappa shape index (κ2) is 6.04. The van der Waals surface area contributed by atoms with E-state index < -0.39 is 12.5 Å². The van der Waals surface area contributed by atoms with Gasteiger partial charge in [-0.2, -0.15) is 0 Å². The lowest BCUT2D eigenvalue weighted by atomic mass is 10.1. The number of aryl methyl sites for hydroxylation is 1. The Bertz CT molecular complexity index is 560. The zero-order chi connectivity index (χ0) is 13.8. The van der Waals surface area contributed by atoms with Crippen molar-refractivity contribution in [1.82, 2.24) is 10.3 Å². The number of hydrogen-bond donors (Lipinski definition) is 2. The molecule has 0 fully saturated rings. The Labute approximate surface area is 110 Å². The van der Waals surface area contributed by atoms with E-state index in [-0.39, 0.29) is 6.54 Å². The Morgan fingerprint density at radius 2 is 2.05 bits per heavy atom. The van der Waals surface area contributed by atoms with Crippen LogP contribution < -0.4 is 5.32 Å². The van der Waals surface area contributed by atoms with Crippen LogP contribution in [0.25, 0.3) is 10.9 Å². The highest BCUT2D eigenvalue weighted by molar-refractivity contribution is 5.79. The van der Waals surface area contributed by atoms with E-state index in [1.807, 2.05) is 37.3 Å². The fourth-order valence-electron chi connectivity index (χ4n) is 1.84. The molecule has 0 saturated carbocycles. The van der Waals surface area contributed by atoms with E-state index >= 15 is 0 Å². The van der Waals surface area contributed by atoms with Crippen molar-refractivity contribution in [3.63, 3.8) is 0 Å². The fraction of sp³-hybridized carbons (Fsp3) is 0.357. The third-order valence-corrected chi connectivity index (χ3v) is 2.87. The van der Waals surface area contributed by atoms with Crippen LogP contribution in [0.4, 0.5) is 8.78 Å². The van der Waals surface area contributed by atoms with E-state index in [4.69, 9.17) is 5.11 Å². The topological polar surface area (TPSA) is 45.1 Å². The molecule has 1 aromatic heterocycles. The summed E-state index contributed by atoms with van der Waals surface area (Å²) < 4.78 is 24.2. The largest absolute Gasteiger partial charge is 0.386 e. The molecule has 102 valence electrons. The minimum absolute atomic E-state index is 0.123. The summed E-state index contributed by atoms with van der Waals surface area (Å²) in [5.74, 6) is 0. The molecule has 2 rings (SSSR count). The molecule has 0 radical (unpaired) electrons. The molecule has 0 spiro atoms. The molecule has 0 bridgehead atoms. The maximum atomic E-state index is 12.1. The number of rotatable bonds is 5. The maximum Gasteiger partial charge on any atom is 0.265 e. The second-order valence-corrected chi connectivity index (χ2v) is 4.51. The SMILES string of the molecule is Cc1ccc2cc(CNCC(O)C(F)F)ccc2n1. The summed E-state index contributed by atoms with van der Waals surface area (Å²) >= 11 is 0. The van der Waals surface area contributed by atoms with Crippen LogP contribution in [0.1, 0.15) is 11.3 Å². The van der Waals surface area contributed by atoms with Gasteiger partial charge in [-0.1, -0.05) is 12.1 Å². The van der Waals surface area contributed by atoms with Crippen LogP contribution in [0.15, 0.2) is 30.3 Å². The van der Waals surface area contributed by atoms with Gasteiger partial charge in [0, 0.05) is 24.2 Å². The number of aliphatic hydroxyl groups is 1. The molecule has 1 atom stereocenters. The second-order valence-electron chi connectivity index (χ2n) is 4.51. The molecule has 0 amide bonds. The van der Waals surface area contributed by atoms with Gasteiger partial charge in [-0.15, -0.1) is 0 Å². The van der Waals surface area contributed by atoms with E-state index in [1.165, 1.54) is 0 Å². The van der Waals surface area contributed by atoms with E-state index in [0.29, 0.717) is 6.54 Å². The van der Waals surface area contributed by atoms with Gasteiger partial charge in [-0.3, -0.25) is 4.98 Å². The van der Waals surface area contributed by atoms with E-state index in [2.05, 4.69) is 10.3 Å². The molecule has 2 aromatic rings. The van der Waals surface area contributed by atoms with Gasteiger partial charge in [-0.05, 0) is 30.7 Å². The van der Waals surface area contributed by atoms with Gasteiger partial charge >= 0.3 is 0 Å². The number of aromatic nitrogens is 1. The summed E-state index contributed by atoms with van der Waals surface area (Å²) in [6, 6.07) is 9.68. The van der Waals surface area contributed by atoms with Crippen molar-refractivity contribution in [3.8, 4) is 0 Å². The summed E-state index contributed by atoms with van der Waals surface area (Å²) in [5.41, 5.74) is 2.84. The lowest BCUT2D eigenvalue weighted by Gasteiger charge is -2.11. The minimum Gasteiger partial charge on any atom is -0.386 e. The van der Waals surface area contributed by atoms with Crippen LogP contribution in [0, 0.1) is 6.92 Å². The Morgan fingerprint density at radius 1 is 1.26 bits per heavy atom. The van der Waals surface area contributed by atoms with Gasteiger partial charge in [0.15, 0.2) is 0 Å². The van der Waals surface area contributed by atoms with E-state index in [1.54, 1.807) is 0 Å². The van der Waals surface area contributed by atoms with Crippen LogP contribution >= 0.6 is 0 Å². The van der Waals surface area contributed by atoms with Crippen molar-refractivity contribution in [3.05, 3.63) is 41.6 Å². The van der Waals surface area contributed by atoms with Crippen molar-refractivity contribution in [2.24, 2.45) is 0 Å². The number of alkyl halides is 2. The third kappa shape index (κ3) is 3.68. The summed E-state index contributed by atoms with van der Waals surface area (Å²) in [6.45, 7) is 2.25. The number of pyridine rings is 1. The van der Waals surface area contributed by atoms with Crippen LogP contribution in [0.2, 0.25) is 0 Å². The van der Waals surface area contributed by atoms with Crippen LogP contribution in [-0.4, -0.2) is 29.2 Å². The van der Waals surface area contributed by atoms with Crippen molar-refractivity contribution >= 4 is 10.9 Å². The highest BCUT2D eigenvalue weighted by atomic mass is 19.3. The maximum absolute atomic E-state index is 12.1. The molecule has 19 heavy (non-hydrogen) atoms. The quantitative estimate of drug-likeness (QED) is 0.872. The molecule has 0 aliphatic heterocycles. The summed E-state index contributed by atoms with van der Waals surface area (Å²) in [7, 11) is 0. The Hall–Kier alpha value is -1.59. The normalized spacial score (nSPS) is 13.1. The number of benzene rings is 1. The van der Waals surface area contributed by atoms with Crippen LogP contribution in [-0.2, 0) is 6.54 Å².